The summed E-state index contributed by atoms with van der Waals surface area (Å²) in [7, 11) is 0. The van der Waals surface area contributed by atoms with Crippen molar-refractivity contribution in [2.24, 2.45) is 5.92 Å². The molecule has 0 spiro atoms. The molecule has 0 aromatic carbocycles. The molecule has 0 bridgehead atoms. The lowest BCUT2D eigenvalue weighted by atomic mass is 10.1. The van der Waals surface area contributed by atoms with E-state index in [4.69, 9.17) is 0 Å². The van der Waals surface area contributed by atoms with Gasteiger partial charge in [0.15, 0.2) is 0 Å². The zero-order valence-electron chi connectivity index (χ0n) is 8.00. The Morgan fingerprint density at radius 2 is 2.25 bits per heavy atom. The molecule has 0 N–H and O–H groups in total. The average molecular weight is 165 g/mol. The Hall–Kier alpha value is -0.300. The second-order valence-corrected chi connectivity index (χ2v) is 4.07. The third-order valence-corrected chi connectivity index (χ3v) is 3.14. The lowest BCUT2D eigenvalue weighted by Gasteiger charge is -2.31. The van der Waals surface area contributed by atoms with Crippen molar-refractivity contribution in [1.29, 1.82) is 0 Å². The van der Waals surface area contributed by atoms with Crippen LogP contribution in [0.1, 0.15) is 32.6 Å². The molecule has 1 nitrogen and oxygen atoms in total. The molecule has 1 saturated carbocycles. The van der Waals surface area contributed by atoms with E-state index in [-0.39, 0.29) is 0 Å². The van der Waals surface area contributed by atoms with Gasteiger partial charge in [-0.15, -0.1) is 0 Å². The second kappa shape index (κ2) is 3.61. The van der Waals surface area contributed by atoms with Crippen LogP contribution in [0.5, 0.6) is 0 Å². The molecule has 0 amide bonds. The van der Waals surface area contributed by atoms with E-state index in [2.05, 4.69) is 24.0 Å². The van der Waals surface area contributed by atoms with Crippen LogP contribution in [-0.4, -0.2) is 24.0 Å². The molecule has 0 saturated heterocycles. The van der Waals surface area contributed by atoms with E-state index in [1.807, 2.05) is 0 Å². The van der Waals surface area contributed by atoms with Gasteiger partial charge in [0.25, 0.3) is 0 Å². The van der Waals surface area contributed by atoms with Gasteiger partial charge in [0.2, 0.25) is 0 Å². The summed E-state index contributed by atoms with van der Waals surface area (Å²) in [6.45, 7) is 4.84. The quantitative estimate of drug-likeness (QED) is 0.581. The molecule has 68 valence electrons. The van der Waals surface area contributed by atoms with Gasteiger partial charge in [-0.1, -0.05) is 19.1 Å². The van der Waals surface area contributed by atoms with Gasteiger partial charge in [-0.25, -0.2) is 0 Å². The Bertz CT molecular complexity index is 170. The Morgan fingerprint density at radius 3 is 2.75 bits per heavy atom. The Kier molecular flexibility index (Phi) is 2.50. The van der Waals surface area contributed by atoms with Crippen molar-refractivity contribution in [1.82, 2.24) is 4.90 Å². The van der Waals surface area contributed by atoms with Gasteiger partial charge in [0, 0.05) is 19.1 Å². The summed E-state index contributed by atoms with van der Waals surface area (Å²) in [5.74, 6) is 1.04. The van der Waals surface area contributed by atoms with E-state index in [1.165, 1.54) is 38.8 Å². The van der Waals surface area contributed by atoms with Crippen LogP contribution < -0.4 is 0 Å². The second-order valence-electron chi connectivity index (χ2n) is 4.07. The van der Waals surface area contributed by atoms with Crippen LogP contribution >= 0.6 is 0 Å². The highest BCUT2D eigenvalue weighted by atomic mass is 15.2. The van der Waals surface area contributed by atoms with E-state index in [0.717, 1.165) is 12.0 Å². The lowest BCUT2D eigenvalue weighted by molar-refractivity contribution is 0.187. The number of hydrogen-bond donors (Lipinski definition) is 0. The van der Waals surface area contributed by atoms with Crippen LogP contribution in [0.4, 0.5) is 0 Å². The first-order valence-electron chi connectivity index (χ1n) is 5.31. The summed E-state index contributed by atoms with van der Waals surface area (Å²) in [5.41, 5.74) is 0. The minimum absolute atomic E-state index is 0.898. The summed E-state index contributed by atoms with van der Waals surface area (Å²) in [4.78, 5) is 2.66. The van der Waals surface area contributed by atoms with Crippen molar-refractivity contribution in [3.8, 4) is 0 Å². The van der Waals surface area contributed by atoms with Crippen LogP contribution in [0, 0.1) is 5.92 Å². The van der Waals surface area contributed by atoms with E-state index in [9.17, 15) is 0 Å². The number of nitrogens with zero attached hydrogens (tertiary/aromatic N) is 1. The van der Waals surface area contributed by atoms with Crippen molar-refractivity contribution < 1.29 is 0 Å². The highest BCUT2D eigenvalue weighted by molar-refractivity contribution is 4.96. The molecule has 2 rings (SSSR count). The van der Waals surface area contributed by atoms with Crippen LogP contribution in [0.2, 0.25) is 0 Å². The molecular formula is C11H19N. The van der Waals surface area contributed by atoms with Gasteiger partial charge in [-0.05, 0) is 31.6 Å². The zero-order valence-corrected chi connectivity index (χ0v) is 8.00. The van der Waals surface area contributed by atoms with E-state index in [1.54, 1.807) is 0 Å². The first kappa shape index (κ1) is 8.31. The summed E-state index contributed by atoms with van der Waals surface area (Å²) in [6, 6.07) is 0.898. The van der Waals surface area contributed by atoms with Crippen molar-refractivity contribution >= 4 is 0 Å². The monoisotopic (exact) mass is 165 g/mol. The zero-order chi connectivity index (χ0) is 8.39. The minimum Gasteiger partial charge on any atom is -0.296 e. The van der Waals surface area contributed by atoms with Gasteiger partial charge in [-0.2, -0.15) is 0 Å². The first-order chi connectivity index (χ1) is 5.92. The largest absolute Gasteiger partial charge is 0.296 e. The van der Waals surface area contributed by atoms with Crippen molar-refractivity contribution in [2.45, 2.75) is 38.6 Å². The molecule has 1 aliphatic heterocycles. The smallest absolute Gasteiger partial charge is 0.0166 e. The van der Waals surface area contributed by atoms with Gasteiger partial charge in [0.05, 0.1) is 0 Å². The Labute approximate surface area is 75.4 Å². The van der Waals surface area contributed by atoms with Crippen molar-refractivity contribution in [3.05, 3.63) is 12.2 Å². The van der Waals surface area contributed by atoms with Gasteiger partial charge in [0.1, 0.15) is 0 Å². The first-order valence-corrected chi connectivity index (χ1v) is 5.31. The third kappa shape index (κ3) is 1.71. The summed E-state index contributed by atoms with van der Waals surface area (Å²) in [6.07, 6.45) is 10.2. The van der Waals surface area contributed by atoms with Crippen molar-refractivity contribution in [2.75, 3.05) is 13.1 Å². The Balaban J connectivity index is 1.90. The maximum absolute atomic E-state index is 2.66. The fraction of sp³-hybridized carbons (Fsp3) is 0.818. The molecule has 1 heteroatoms. The number of rotatable bonds is 3. The molecule has 1 unspecified atom stereocenters. The highest BCUT2D eigenvalue weighted by Gasteiger charge is 2.33. The summed E-state index contributed by atoms with van der Waals surface area (Å²) in [5, 5.41) is 0. The molecule has 1 heterocycles. The third-order valence-electron chi connectivity index (χ3n) is 3.14. The van der Waals surface area contributed by atoms with Crippen LogP contribution in [0.3, 0.4) is 0 Å². The molecule has 1 atom stereocenters. The molecule has 1 aliphatic carbocycles. The van der Waals surface area contributed by atoms with Crippen molar-refractivity contribution in [3.63, 3.8) is 0 Å². The standard InChI is InChI=1S/C11H19N/c1-2-11(10-6-7-10)12-8-4-3-5-9-12/h3-4,10-11H,2,5-9H2,1H3. The maximum Gasteiger partial charge on any atom is 0.0166 e. The minimum atomic E-state index is 0.898. The highest BCUT2D eigenvalue weighted by Crippen LogP contribution is 2.37. The fourth-order valence-corrected chi connectivity index (χ4v) is 2.33. The normalized spacial score (nSPS) is 27.4. The topological polar surface area (TPSA) is 3.24 Å². The molecule has 12 heavy (non-hydrogen) atoms. The summed E-state index contributed by atoms with van der Waals surface area (Å²) < 4.78 is 0. The maximum atomic E-state index is 2.66. The summed E-state index contributed by atoms with van der Waals surface area (Å²) >= 11 is 0. The molecular weight excluding hydrogens is 146 g/mol. The molecule has 0 aromatic rings. The van der Waals surface area contributed by atoms with Gasteiger partial charge < -0.3 is 0 Å². The predicted octanol–water partition coefficient (Wildman–Crippen LogP) is 2.44. The van der Waals surface area contributed by atoms with Crippen LogP contribution in [-0.2, 0) is 0 Å². The molecule has 2 aliphatic rings. The average Bonchev–Trinajstić information content (AvgIpc) is 2.92. The molecule has 1 fully saturated rings. The number of hydrogen-bond acceptors (Lipinski definition) is 1. The predicted molar refractivity (Wildman–Crippen MR) is 52.1 cm³/mol. The Morgan fingerprint density at radius 1 is 1.42 bits per heavy atom. The van der Waals surface area contributed by atoms with Crippen LogP contribution in [0.15, 0.2) is 12.2 Å². The SMILES string of the molecule is CCC(C1CC1)N1CC=CCC1. The van der Waals surface area contributed by atoms with E-state index < -0.39 is 0 Å². The fourth-order valence-electron chi connectivity index (χ4n) is 2.33. The van der Waals surface area contributed by atoms with E-state index in [0.29, 0.717) is 0 Å². The van der Waals surface area contributed by atoms with Gasteiger partial charge >= 0.3 is 0 Å². The van der Waals surface area contributed by atoms with Gasteiger partial charge in [-0.3, -0.25) is 4.90 Å². The lowest BCUT2D eigenvalue weighted by Crippen LogP contribution is -2.38. The van der Waals surface area contributed by atoms with Crippen LogP contribution in [0.25, 0.3) is 0 Å². The van der Waals surface area contributed by atoms with E-state index >= 15 is 0 Å². The molecule has 0 aromatic heterocycles. The molecule has 0 radical (unpaired) electrons.